The first-order valence-corrected chi connectivity index (χ1v) is 8.20. The number of hydrogen-bond donors (Lipinski definition) is 2. The quantitative estimate of drug-likeness (QED) is 0.772. The van der Waals surface area contributed by atoms with Gasteiger partial charge in [-0.3, -0.25) is 0 Å². The number of nitrogens with zero attached hydrogens (tertiary/aromatic N) is 2. The number of aryl methyl sites for hydroxylation is 3. The average Bonchev–Trinajstić information content (AvgIpc) is 2.81. The molecule has 3 rings (SSSR count). The van der Waals surface area contributed by atoms with Crippen molar-refractivity contribution in [2.24, 2.45) is 5.73 Å². The highest BCUT2D eigenvalue weighted by atomic mass is 32.1. The fourth-order valence-electron chi connectivity index (χ4n) is 2.60. The van der Waals surface area contributed by atoms with Crippen molar-refractivity contribution < 1.29 is 0 Å². The molecule has 0 saturated carbocycles. The van der Waals surface area contributed by atoms with Crippen LogP contribution in [0.15, 0.2) is 24.3 Å². The maximum absolute atomic E-state index is 5.63. The predicted molar refractivity (Wildman–Crippen MR) is 94.6 cm³/mol. The standard InChI is InChI=1S/C17H20N4S/c1-10-4-6-13(7-5-10)14-11(2)22-17-15(14)16(19-9-8-18)20-12(3)21-17/h4-7H,8-9,18H2,1-3H3,(H,19,20,21). The largest absolute Gasteiger partial charge is 0.368 e. The van der Waals surface area contributed by atoms with Crippen LogP contribution in [0.3, 0.4) is 0 Å². The lowest BCUT2D eigenvalue weighted by molar-refractivity contribution is 1.000. The summed E-state index contributed by atoms with van der Waals surface area (Å²) in [6, 6.07) is 8.60. The van der Waals surface area contributed by atoms with E-state index in [0.717, 1.165) is 21.9 Å². The lowest BCUT2D eigenvalue weighted by atomic mass is 10.0. The number of hydrogen-bond acceptors (Lipinski definition) is 5. The molecule has 0 aliphatic rings. The van der Waals surface area contributed by atoms with E-state index in [1.54, 1.807) is 11.3 Å². The first-order valence-electron chi connectivity index (χ1n) is 7.39. The summed E-state index contributed by atoms with van der Waals surface area (Å²) in [6.45, 7) is 7.45. The molecule has 0 bridgehead atoms. The molecule has 2 heterocycles. The van der Waals surface area contributed by atoms with Gasteiger partial charge < -0.3 is 11.1 Å². The number of rotatable bonds is 4. The molecular weight excluding hydrogens is 292 g/mol. The fourth-order valence-corrected chi connectivity index (χ4v) is 3.69. The van der Waals surface area contributed by atoms with E-state index in [0.29, 0.717) is 13.1 Å². The lowest BCUT2D eigenvalue weighted by Gasteiger charge is -2.09. The topological polar surface area (TPSA) is 63.8 Å². The molecule has 0 spiro atoms. The number of anilines is 1. The summed E-state index contributed by atoms with van der Waals surface area (Å²) in [7, 11) is 0. The second-order valence-electron chi connectivity index (χ2n) is 5.41. The highest BCUT2D eigenvalue weighted by Crippen LogP contribution is 2.40. The smallest absolute Gasteiger partial charge is 0.139 e. The zero-order valence-corrected chi connectivity index (χ0v) is 13.9. The van der Waals surface area contributed by atoms with Gasteiger partial charge in [-0.2, -0.15) is 0 Å². The molecule has 2 aromatic heterocycles. The van der Waals surface area contributed by atoms with Gasteiger partial charge in [-0.15, -0.1) is 11.3 Å². The Kier molecular flexibility index (Phi) is 4.09. The first kappa shape index (κ1) is 14.9. The summed E-state index contributed by atoms with van der Waals surface area (Å²) in [4.78, 5) is 11.5. The van der Waals surface area contributed by atoms with Gasteiger partial charge in [-0.05, 0) is 26.3 Å². The fraction of sp³-hybridized carbons (Fsp3) is 0.294. The van der Waals surface area contributed by atoms with Crippen molar-refractivity contribution in [3.8, 4) is 11.1 Å². The van der Waals surface area contributed by atoms with Gasteiger partial charge in [0.05, 0.1) is 5.39 Å². The van der Waals surface area contributed by atoms with Crippen LogP contribution in [0.5, 0.6) is 0 Å². The summed E-state index contributed by atoms with van der Waals surface area (Å²) < 4.78 is 0. The Bertz CT molecular complexity index is 806. The molecule has 0 aliphatic carbocycles. The van der Waals surface area contributed by atoms with Crippen molar-refractivity contribution in [3.05, 3.63) is 40.5 Å². The van der Waals surface area contributed by atoms with E-state index < -0.39 is 0 Å². The van der Waals surface area contributed by atoms with Crippen LogP contribution >= 0.6 is 11.3 Å². The average molecular weight is 312 g/mol. The highest BCUT2D eigenvalue weighted by molar-refractivity contribution is 7.19. The lowest BCUT2D eigenvalue weighted by Crippen LogP contribution is -2.14. The number of nitrogens with one attached hydrogen (secondary N) is 1. The SMILES string of the molecule is Cc1ccc(-c2c(C)sc3nc(C)nc(NCCN)c23)cc1. The number of thiophene rings is 1. The molecule has 5 heteroatoms. The van der Waals surface area contributed by atoms with Gasteiger partial charge in [0.25, 0.3) is 0 Å². The Balaban J connectivity index is 2.24. The van der Waals surface area contributed by atoms with Gasteiger partial charge in [0.1, 0.15) is 16.5 Å². The van der Waals surface area contributed by atoms with E-state index in [1.165, 1.54) is 21.6 Å². The van der Waals surface area contributed by atoms with E-state index >= 15 is 0 Å². The Morgan fingerprint density at radius 1 is 1.09 bits per heavy atom. The maximum Gasteiger partial charge on any atom is 0.139 e. The first-order chi connectivity index (χ1) is 10.6. The van der Waals surface area contributed by atoms with Crippen LogP contribution in [0.1, 0.15) is 16.3 Å². The summed E-state index contributed by atoms with van der Waals surface area (Å²) in [6.07, 6.45) is 0. The second kappa shape index (κ2) is 6.02. The highest BCUT2D eigenvalue weighted by Gasteiger charge is 2.17. The molecule has 0 saturated heterocycles. The number of benzene rings is 1. The normalized spacial score (nSPS) is 11.1. The van der Waals surface area contributed by atoms with Gasteiger partial charge in [0, 0.05) is 23.5 Å². The summed E-state index contributed by atoms with van der Waals surface area (Å²) >= 11 is 1.72. The van der Waals surface area contributed by atoms with Crippen molar-refractivity contribution in [1.29, 1.82) is 0 Å². The van der Waals surface area contributed by atoms with Crippen LogP contribution in [-0.4, -0.2) is 23.1 Å². The summed E-state index contributed by atoms with van der Waals surface area (Å²) in [5.74, 6) is 1.66. The van der Waals surface area contributed by atoms with Crippen molar-refractivity contribution in [3.63, 3.8) is 0 Å². The Morgan fingerprint density at radius 3 is 2.50 bits per heavy atom. The van der Waals surface area contributed by atoms with E-state index in [2.05, 4.69) is 53.4 Å². The molecule has 3 N–H and O–H groups in total. The summed E-state index contributed by atoms with van der Waals surface area (Å²) in [5.41, 5.74) is 9.31. The van der Waals surface area contributed by atoms with Crippen LogP contribution in [0.4, 0.5) is 5.82 Å². The van der Waals surface area contributed by atoms with E-state index in [9.17, 15) is 0 Å². The molecule has 0 aliphatic heterocycles. The zero-order valence-electron chi connectivity index (χ0n) is 13.1. The van der Waals surface area contributed by atoms with Gasteiger partial charge in [0.15, 0.2) is 0 Å². The number of nitrogens with two attached hydrogens (primary N) is 1. The van der Waals surface area contributed by atoms with Gasteiger partial charge in [-0.1, -0.05) is 29.8 Å². The third-order valence-corrected chi connectivity index (χ3v) is 4.62. The minimum absolute atomic E-state index is 0.577. The predicted octanol–water partition coefficient (Wildman–Crippen LogP) is 3.65. The molecule has 0 radical (unpaired) electrons. The van der Waals surface area contributed by atoms with Gasteiger partial charge >= 0.3 is 0 Å². The maximum atomic E-state index is 5.63. The molecule has 0 fully saturated rings. The van der Waals surface area contributed by atoms with E-state index in [-0.39, 0.29) is 0 Å². The van der Waals surface area contributed by atoms with Gasteiger partial charge in [-0.25, -0.2) is 9.97 Å². The zero-order chi connectivity index (χ0) is 15.7. The molecular formula is C17H20N4S. The molecule has 114 valence electrons. The Morgan fingerprint density at radius 2 is 1.82 bits per heavy atom. The molecule has 3 aromatic rings. The van der Waals surface area contributed by atoms with Crippen LogP contribution < -0.4 is 11.1 Å². The molecule has 4 nitrogen and oxygen atoms in total. The second-order valence-corrected chi connectivity index (χ2v) is 6.62. The van der Waals surface area contributed by atoms with Crippen LogP contribution in [0, 0.1) is 20.8 Å². The van der Waals surface area contributed by atoms with Gasteiger partial charge in [0.2, 0.25) is 0 Å². The van der Waals surface area contributed by atoms with E-state index in [1.807, 2.05) is 6.92 Å². The van der Waals surface area contributed by atoms with Crippen molar-refractivity contribution >= 4 is 27.4 Å². The molecule has 1 aromatic carbocycles. The number of fused-ring (bicyclic) bond motifs is 1. The molecule has 22 heavy (non-hydrogen) atoms. The summed E-state index contributed by atoms with van der Waals surface area (Å²) in [5, 5.41) is 4.45. The van der Waals surface area contributed by atoms with Crippen LogP contribution in [0.25, 0.3) is 21.3 Å². The third-order valence-electron chi connectivity index (χ3n) is 3.62. The molecule has 0 atom stereocenters. The van der Waals surface area contributed by atoms with E-state index in [4.69, 9.17) is 5.73 Å². The Hall–Kier alpha value is -1.98. The minimum Gasteiger partial charge on any atom is -0.368 e. The molecule has 0 amide bonds. The Labute approximate surface area is 134 Å². The monoisotopic (exact) mass is 312 g/mol. The molecule has 0 unspecified atom stereocenters. The van der Waals surface area contributed by atoms with Crippen molar-refractivity contribution in [1.82, 2.24) is 9.97 Å². The number of aromatic nitrogens is 2. The minimum atomic E-state index is 0.577. The van der Waals surface area contributed by atoms with Crippen molar-refractivity contribution in [2.45, 2.75) is 20.8 Å². The van der Waals surface area contributed by atoms with Crippen LogP contribution in [-0.2, 0) is 0 Å². The van der Waals surface area contributed by atoms with Crippen LogP contribution in [0.2, 0.25) is 0 Å². The van der Waals surface area contributed by atoms with Crippen molar-refractivity contribution in [2.75, 3.05) is 18.4 Å². The third kappa shape index (κ3) is 2.69.